The molecule has 0 spiro atoms. The molecule has 0 aliphatic carbocycles. The van der Waals surface area contributed by atoms with Crippen LogP contribution in [-0.2, 0) is 16.1 Å². The van der Waals surface area contributed by atoms with Gasteiger partial charge in [-0.25, -0.2) is 9.78 Å². The SMILES string of the molecule is CCCOC(=O)C1=C(N)N(C)C(N(CC)Cc2ccc(Cl)nc2)=C([N+](=O)[O-])C1c1ccc(Cl)cc1. The molecule has 0 fully saturated rings. The molecule has 35 heavy (non-hydrogen) atoms. The molecule has 2 N–H and O–H groups in total. The van der Waals surface area contributed by atoms with E-state index in [1.807, 2.05) is 18.7 Å². The van der Waals surface area contributed by atoms with Gasteiger partial charge in [-0.3, -0.25) is 10.1 Å². The number of ether oxygens (including phenoxy) is 1. The molecule has 9 nitrogen and oxygen atoms in total. The maximum absolute atomic E-state index is 13.1. The first-order valence-corrected chi connectivity index (χ1v) is 11.8. The summed E-state index contributed by atoms with van der Waals surface area (Å²) in [6.07, 6.45) is 2.21. The molecule has 1 atom stereocenters. The standard InChI is InChI=1S/C24H27Cl2N5O4/c1-4-12-35-24(32)20-19(16-7-9-17(25)10-8-16)21(31(33)34)23(29(3)22(20)27)30(5-2)14-15-6-11-18(26)28-13-15/h6-11,13,19H,4-5,12,14,27H2,1-3H3. The van der Waals surface area contributed by atoms with Crippen LogP contribution < -0.4 is 5.73 Å². The Morgan fingerprint density at radius 1 is 1.23 bits per heavy atom. The molecule has 0 radical (unpaired) electrons. The third kappa shape index (κ3) is 5.68. The number of nitro groups is 1. The third-order valence-corrected chi connectivity index (χ3v) is 6.12. The summed E-state index contributed by atoms with van der Waals surface area (Å²) in [4.78, 5) is 32.6. The second kappa shape index (κ2) is 11.4. The molecule has 1 unspecified atom stereocenters. The Morgan fingerprint density at radius 3 is 2.46 bits per heavy atom. The normalized spacial score (nSPS) is 15.9. The van der Waals surface area contributed by atoms with Crippen molar-refractivity contribution in [2.75, 3.05) is 20.2 Å². The van der Waals surface area contributed by atoms with Crippen molar-refractivity contribution >= 4 is 29.2 Å². The average Bonchev–Trinajstić information content (AvgIpc) is 2.84. The number of pyridine rings is 1. The van der Waals surface area contributed by atoms with Crippen molar-refractivity contribution in [3.8, 4) is 0 Å². The molecule has 1 aromatic heterocycles. The molecule has 0 bridgehead atoms. The second-order valence-corrected chi connectivity index (χ2v) is 8.77. The van der Waals surface area contributed by atoms with Crippen LogP contribution in [0.15, 0.2) is 65.5 Å². The topological polar surface area (TPSA) is 115 Å². The summed E-state index contributed by atoms with van der Waals surface area (Å²) in [6, 6.07) is 10.0. The first-order chi connectivity index (χ1) is 16.7. The monoisotopic (exact) mass is 519 g/mol. The minimum atomic E-state index is -1.06. The molecule has 2 heterocycles. The highest BCUT2D eigenvalue weighted by Gasteiger charge is 2.46. The first kappa shape index (κ1) is 26.3. The minimum Gasteiger partial charge on any atom is -0.462 e. The number of nitrogens with zero attached hydrogens (tertiary/aromatic N) is 4. The highest BCUT2D eigenvalue weighted by Crippen LogP contribution is 2.42. The quantitative estimate of drug-likeness (QED) is 0.222. The molecule has 1 aliphatic rings. The fraction of sp³-hybridized carbons (Fsp3) is 0.333. The summed E-state index contributed by atoms with van der Waals surface area (Å²) in [5.74, 6) is -1.40. The Morgan fingerprint density at radius 2 is 1.91 bits per heavy atom. The van der Waals surface area contributed by atoms with Crippen LogP contribution in [0.2, 0.25) is 10.2 Å². The van der Waals surface area contributed by atoms with Crippen molar-refractivity contribution < 1.29 is 14.5 Å². The van der Waals surface area contributed by atoms with E-state index < -0.39 is 16.8 Å². The number of carbonyl (C=O) groups is 1. The lowest BCUT2D eigenvalue weighted by Crippen LogP contribution is -2.43. The van der Waals surface area contributed by atoms with Crippen molar-refractivity contribution in [3.05, 3.63) is 96.9 Å². The first-order valence-electron chi connectivity index (χ1n) is 11.1. The van der Waals surface area contributed by atoms with Crippen molar-refractivity contribution in [1.29, 1.82) is 0 Å². The molecular formula is C24H27Cl2N5O4. The van der Waals surface area contributed by atoms with E-state index in [2.05, 4.69) is 4.98 Å². The van der Waals surface area contributed by atoms with Crippen LogP contribution in [-0.4, -0.2) is 45.9 Å². The summed E-state index contributed by atoms with van der Waals surface area (Å²) < 4.78 is 5.37. The average molecular weight is 520 g/mol. The summed E-state index contributed by atoms with van der Waals surface area (Å²) in [5, 5.41) is 13.4. The van der Waals surface area contributed by atoms with E-state index in [9.17, 15) is 14.9 Å². The Kier molecular flexibility index (Phi) is 8.58. The van der Waals surface area contributed by atoms with Gasteiger partial charge >= 0.3 is 5.97 Å². The van der Waals surface area contributed by atoms with Gasteiger partial charge in [0.1, 0.15) is 16.9 Å². The molecule has 0 saturated heterocycles. The van der Waals surface area contributed by atoms with Crippen LogP contribution in [0.1, 0.15) is 37.3 Å². The Balaban J connectivity index is 2.21. The Labute approximate surface area is 213 Å². The smallest absolute Gasteiger partial charge is 0.338 e. The van der Waals surface area contributed by atoms with Gasteiger partial charge in [0.15, 0.2) is 5.82 Å². The predicted molar refractivity (Wildman–Crippen MR) is 134 cm³/mol. The largest absolute Gasteiger partial charge is 0.462 e. The van der Waals surface area contributed by atoms with Crippen molar-refractivity contribution in [3.63, 3.8) is 0 Å². The van der Waals surface area contributed by atoms with Crippen LogP contribution in [0.25, 0.3) is 0 Å². The summed E-state index contributed by atoms with van der Waals surface area (Å²) in [7, 11) is 1.60. The van der Waals surface area contributed by atoms with Crippen LogP contribution in [0.5, 0.6) is 0 Å². The highest BCUT2D eigenvalue weighted by atomic mass is 35.5. The number of nitrogens with two attached hydrogens (primary N) is 1. The number of hydrogen-bond donors (Lipinski definition) is 1. The third-order valence-electron chi connectivity index (χ3n) is 5.65. The van der Waals surface area contributed by atoms with E-state index in [1.54, 1.807) is 49.6 Å². The van der Waals surface area contributed by atoms with Crippen molar-refractivity contribution in [2.45, 2.75) is 32.7 Å². The van der Waals surface area contributed by atoms with E-state index in [0.29, 0.717) is 35.2 Å². The zero-order valence-corrected chi connectivity index (χ0v) is 21.2. The van der Waals surface area contributed by atoms with E-state index in [0.717, 1.165) is 5.56 Å². The van der Waals surface area contributed by atoms with E-state index in [1.165, 1.54) is 4.90 Å². The fourth-order valence-corrected chi connectivity index (χ4v) is 4.21. The van der Waals surface area contributed by atoms with Crippen molar-refractivity contribution in [1.82, 2.24) is 14.8 Å². The van der Waals surface area contributed by atoms with Gasteiger partial charge in [-0.15, -0.1) is 0 Å². The molecule has 11 heteroatoms. The molecule has 1 aliphatic heterocycles. The van der Waals surface area contributed by atoms with Crippen LogP contribution in [0.4, 0.5) is 0 Å². The molecular weight excluding hydrogens is 493 g/mol. The Bertz CT molecular complexity index is 1150. The molecule has 1 aromatic carbocycles. The fourth-order valence-electron chi connectivity index (χ4n) is 3.97. The van der Waals surface area contributed by atoms with Gasteiger partial charge in [0.25, 0.3) is 5.70 Å². The number of benzene rings is 1. The van der Waals surface area contributed by atoms with Crippen LogP contribution in [0, 0.1) is 10.1 Å². The van der Waals surface area contributed by atoms with Gasteiger partial charge < -0.3 is 20.3 Å². The molecule has 186 valence electrons. The van der Waals surface area contributed by atoms with Gasteiger partial charge in [0.05, 0.1) is 17.1 Å². The highest BCUT2D eigenvalue weighted by molar-refractivity contribution is 6.30. The van der Waals surface area contributed by atoms with Gasteiger partial charge in [-0.2, -0.15) is 0 Å². The van der Waals surface area contributed by atoms with Crippen LogP contribution in [0.3, 0.4) is 0 Å². The predicted octanol–water partition coefficient (Wildman–Crippen LogP) is 4.51. The number of aromatic nitrogens is 1. The molecule has 0 amide bonds. The molecule has 0 saturated carbocycles. The second-order valence-electron chi connectivity index (χ2n) is 7.95. The van der Waals surface area contributed by atoms with Gasteiger partial charge in [-0.05, 0) is 42.7 Å². The number of esters is 1. The Hall–Kier alpha value is -3.30. The van der Waals surface area contributed by atoms with Gasteiger partial charge in [-0.1, -0.05) is 48.3 Å². The lowest BCUT2D eigenvalue weighted by atomic mass is 9.85. The van der Waals surface area contributed by atoms with E-state index >= 15 is 0 Å². The summed E-state index contributed by atoms with van der Waals surface area (Å²) >= 11 is 12.0. The zero-order valence-electron chi connectivity index (χ0n) is 19.7. The van der Waals surface area contributed by atoms with Gasteiger partial charge in [0.2, 0.25) is 0 Å². The number of allylic oxidation sites excluding steroid dienone is 1. The van der Waals surface area contributed by atoms with Crippen molar-refractivity contribution in [2.24, 2.45) is 5.73 Å². The summed E-state index contributed by atoms with van der Waals surface area (Å²) in [5.41, 5.74) is 7.62. The number of halogens is 2. The maximum Gasteiger partial charge on any atom is 0.338 e. The lowest BCUT2D eigenvalue weighted by Gasteiger charge is -2.38. The van der Waals surface area contributed by atoms with E-state index in [-0.39, 0.29) is 29.5 Å². The maximum atomic E-state index is 13.1. The number of hydrogen-bond acceptors (Lipinski definition) is 8. The summed E-state index contributed by atoms with van der Waals surface area (Å²) in [6.45, 7) is 4.65. The van der Waals surface area contributed by atoms with Crippen LogP contribution >= 0.6 is 23.2 Å². The zero-order chi connectivity index (χ0) is 25.7. The number of rotatable bonds is 9. The lowest BCUT2D eigenvalue weighted by molar-refractivity contribution is -0.433. The van der Waals surface area contributed by atoms with Gasteiger partial charge in [0, 0.05) is 31.4 Å². The number of carbonyl (C=O) groups excluding carboxylic acids is 1. The molecule has 2 aromatic rings. The van der Waals surface area contributed by atoms with E-state index in [4.69, 9.17) is 33.7 Å². The molecule has 3 rings (SSSR count). The minimum absolute atomic E-state index is 0.0166.